The minimum atomic E-state index is -0.192. The summed E-state index contributed by atoms with van der Waals surface area (Å²) in [4.78, 5) is 21.2. The summed E-state index contributed by atoms with van der Waals surface area (Å²) in [5.41, 5.74) is 3.99. The van der Waals surface area contributed by atoms with Gasteiger partial charge in [0.15, 0.2) is 0 Å². The Hall–Kier alpha value is -3.91. The molecule has 5 heteroatoms. The Morgan fingerprint density at radius 1 is 1.00 bits per heavy atom. The molecule has 0 saturated heterocycles. The predicted molar refractivity (Wildman–Crippen MR) is 109 cm³/mol. The molecule has 2 aromatic heterocycles. The summed E-state index contributed by atoms with van der Waals surface area (Å²) in [6.07, 6.45) is 1.54. The second kappa shape index (κ2) is 7.77. The third-order valence-electron chi connectivity index (χ3n) is 4.42. The molecule has 0 aliphatic heterocycles. The fourth-order valence-electron chi connectivity index (χ4n) is 2.87. The molecule has 2 heterocycles. The lowest BCUT2D eigenvalue weighted by atomic mass is 10.2. The lowest BCUT2D eigenvalue weighted by molar-refractivity contribution is 0.0949. The predicted octanol–water partition coefficient (Wildman–Crippen LogP) is 3.30. The van der Waals surface area contributed by atoms with Gasteiger partial charge in [0.25, 0.3) is 5.91 Å². The van der Waals surface area contributed by atoms with Crippen molar-refractivity contribution in [3.8, 4) is 11.8 Å². The lowest BCUT2D eigenvalue weighted by Gasteiger charge is -2.05. The van der Waals surface area contributed by atoms with Crippen LogP contribution in [0.4, 0.5) is 0 Å². The molecule has 5 nitrogen and oxygen atoms in total. The molecule has 2 aromatic carbocycles. The second-order valence-corrected chi connectivity index (χ2v) is 6.31. The average molecular weight is 366 g/mol. The number of pyridine rings is 1. The number of benzene rings is 2. The van der Waals surface area contributed by atoms with Crippen molar-refractivity contribution in [3.63, 3.8) is 0 Å². The van der Waals surface area contributed by atoms with Crippen LogP contribution in [0.3, 0.4) is 0 Å². The highest BCUT2D eigenvalue weighted by molar-refractivity contribution is 5.93. The van der Waals surface area contributed by atoms with E-state index >= 15 is 0 Å². The molecule has 0 spiro atoms. The van der Waals surface area contributed by atoms with Crippen LogP contribution in [-0.2, 0) is 13.6 Å². The van der Waals surface area contributed by atoms with Crippen LogP contribution in [-0.4, -0.2) is 20.4 Å². The summed E-state index contributed by atoms with van der Waals surface area (Å²) >= 11 is 0. The first-order valence-corrected chi connectivity index (χ1v) is 8.92. The Labute approximate surface area is 163 Å². The van der Waals surface area contributed by atoms with Gasteiger partial charge in [-0.25, -0.2) is 9.97 Å². The van der Waals surface area contributed by atoms with Crippen LogP contribution in [0.1, 0.15) is 27.4 Å². The van der Waals surface area contributed by atoms with Crippen molar-refractivity contribution in [2.45, 2.75) is 6.54 Å². The molecule has 0 saturated carbocycles. The smallest absolute Gasteiger partial charge is 0.253 e. The van der Waals surface area contributed by atoms with Crippen LogP contribution >= 0.6 is 0 Å². The number of rotatable bonds is 3. The first-order chi connectivity index (χ1) is 13.7. The van der Waals surface area contributed by atoms with Crippen LogP contribution in [0.15, 0.2) is 72.9 Å². The van der Waals surface area contributed by atoms with Crippen molar-refractivity contribution in [3.05, 3.63) is 95.6 Å². The van der Waals surface area contributed by atoms with Gasteiger partial charge in [-0.15, -0.1) is 0 Å². The molecule has 0 bridgehead atoms. The van der Waals surface area contributed by atoms with Gasteiger partial charge in [-0.1, -0.05) is 36.3 Å². The van der Waals surface area contributed by atoms with E-state index in [0.29, 0.717) is 17.8 Å². The molecule has 0 atom stereocenters. The summed E-state index contributed by atoms with van der Waals surface area (Å²) in [6.45, 7) is 0.347. The zero-order chi connectivity index (χ0) is 19.3. The van der Waals surface area contributed by atoms with Gasteiger partial charge in [0, 0.05) is 18.8 Å². The van der Waals surface area contributed by atoms with Gasteiger partial charge in [-0.2, -0.15) is 0 Å². The van der Waals surface area contributed by atoms with E-state index in [9.17, 15) is 4.79 Å². The molecule has 136 valence electrons. The van der Waals surface area contributed by atoms with Crippen molar-refractivity contribution in [2.75, 3.05) is 0 Å². The summed E-state index contributed by atoms with van der Waals surface area (Å²) in [5.74, 6) is 6.66. The normalized spacial score (nSPS) is 10.3. The average Bonchev–Trinajstić information content (AvgIpc) is 3.07. The molecule has 4 aromatic rings. The van der Waals surface area contributed by atoms with Crippen molar-refractivity contribution in [1.82, 2.24) is 19.9 Å². The first-order valence-electron chi connectivity index (χ1n) is 8.92. The van der Waals surface area contributed by atoms with Gasteiger partial charge in [0.2, 0.25) is 0 Å². The zero-order valence-electron chi connectivity index (χ0n) is 15.4. The van der Waals surface area contributed by atoms with E-state index in [1.807, 2.05) is 66.2 Å². The van der Waals surface area contributed by atoms with Gasteiger partial charge in [0.1, 0.15) is 11.5 Å². The molecular formula is C23H18N4O. The fraction of sp³-hybridized carbons (Fsp3) is 0.0870. The molecule has 0 aliphatic carbocycles. The Balaban J connectivity index is 1.42. The SMILES string of the molecule is Cn1c(CNC(=O)c2ccc(C#Cc3ccccc3)nc2)nc2ccccc21. The van der Waals surface area contributed by atoms with Crippen LogP contribution in [0.2, 0.25) is 0 Å². The Kier molecular flexibility index (Phi) is 4.85. The van der Waals surface area contributed by atoms with E-state index in [4.69, 9.17) is 0 Å². The van der Waals surface area contributed by atoms with Gasteiger partial charge < -0.3 is 9.88 Å². The van der Waals surface area contributed by atoms with Crippen LogP contribution in [0, 0.1) is 11.8 Å². The maximum Gasteiger partial charge on any atom is 0.253 e. The van der Waals surface area contributed by atoms with Crippen molar-refractivity contribution >= 4 is 16.9 Å². The van der Waals surface area contributed by atoms with E-state index in [0.717, 1.165) is 22.4 Å². The largest absolute Gasteiger partial charge is 0.345 e. The summed E-state index contributed by atoms with van der Waals surface area (Å²) in [5, 5.41) is 2.90. The van der Waals surface area contributed by atoms with Gasteiger partial charge in [-0.3, -0.25) is 4.79 Å². The third kappa shape index (κ3) is 3.76. The molecular weight excluding hydrogens is 348 g/mol. The van der Waals surface area contributed by atoms with Crippen molar-refractivity contribution in [2.24, 2.45) is 7.05 Å². The number of nitrogens with one attached hydrogen (secondary N) is 1. The topological polar surface area (TPSA) is 59.8 Å². The Morgan fingerprint density at radius 2 is 1.79 bits per heavy atom. The van der Waals surface area contributed by atoms with E-state index in [-0.39, 0.29) is 5.91 Å². The van der Waals surface area contributed by atoms with Crippen LogP contribution < -0.4 is 5.32 Å². The molecule has 0 aliphatic rings. The summed E-state index contributed by atoms with van der Waals surface area (Å²) in [6, 6.07) is 21.1. The minimum absolute atomic E-state index is 0.192. The molecule has 1 amide bonds. The number of aryl methyl sites for hydroxylation is 1. The highest BCUT2D eigenvalue weighted by atomic mass is 16.1. The minimum Gasteiger partial charge on any atom is -0.345 e. The number of carbonyl (C=O) groups is 1. The van der Waals surface area contributed by atoms with Crippen LogP contribution in [0.25, 0.3) is 11.0 Å². The molecule has 0 fully saturated rings. The van der Waals surface area contributed by atoms with Crippen molar-refractivity contribution in [1.29, 1.82) is 0 Å². The highest BCUT2D eigenvalue weighted by Crippen LogP contribution is 2.14. The highest BCUT2D eigenvalue weighted by Gasteiger charge is 2.10. The van der Waals surface area contributed by atoms with Crippen LogP contribution in [0.5, 0.6) is 0 Å². The van der Waals surface area contributed by atoms with E-state index in [1.165, 1.54) is 0 Å². The Bertz CT molecular complexity index is 1180. The number of amides is 1. The second-order valence-electron chi connectivity index (χ2n) is 6.31. The number of fused-ring (bicyclic) bond motifs is 1. The van der Waals surface area contributed by atoms with E-state index < -0.39 is 0 Å². The molecule has 0 radical (unpaired) electrons. The standard InChI is InChI=1S/C23H18N4O/c1-27-21-10-6-5-9-20(21)26-22(27)16-25-23(28)18-12-14-19(24-15-18)13-11-17-7-3-2-4-8-17/h2-10,12,14-15H,16H2,1H3,(H,25,28). The maximum absolute atomic E-state index is 12.4. The zero-order valence-corrected chi connectivity index (χ0v) is 15.4. The number of para-hydroxylation sites is 2. The van der Waals surface area contributed by atoms with Gasteiger partial charge in [-0.05, 0) is 42.3 Å². The fourth-order valence-corrected chi connectivity index (χ4v) is 2.87. The molecule has 0 unspecified atom stereocenters. The number of hydrogen-bond donors (Lipinski definition) is 1. The molecule has 4 rings (SSSR count). The van der Waals surface area contributed by atoms with E-state index in [2.05, 4.69) is 27.1 Å². The van der Waals surface area contributed by atoms with Crippen molar-refractivity contribution < 1.29 is 4.79 Å². The molecule has 28 heavy (non-hydrogen) atoms. The first kappa shape index (κ1) is 17.5. The van der Waals surface area contributed by atoms with Gasteiger partial charge in [0.05, 0.1) is 23.1 Å². The summed E-state index contributed by atoms with van der Waals surface area (Å²) < 4.78 is 1.98. The Morgan fingerprint density at radius 3 is 2.54 bits per heavy atom. The summed E-state index contributed by atoms with van der Waals surface area (Å²) in [7, 11) is 1.94. The number of carbonyl (C=O) groups excluding carboxylic acids is 1. The quantitative estimate of drug-likeness (QED) is 0.566. The number of nitrogens with zero attached hydrogens (tertiary/aromatic N) is 3. The lowest BCUT2D eigenvalue weighted by Crippen LogP contribution is -2.24. The number of hydrogen-bond acceptors (Lipinski definition) is 3. The van der Waals surface area contributed by atoms with Gasteiger partial charge >= 0.3 is 0 Å². The maximum atomic E-state index is 12.4. The molecule has 1 N–H and O–H groups in total. The van der Waals surface area contributed by atoms with E-state index in [1.54, 1.807) is 18.3 Å². The third-order valence-corrected chi connectivity index (χ3v) is 4.42. The number of aromatic nitrogens is 3. The monoisotopic (exact) mass is 366 g/mol. The number of imidazole rings is 1.